The fraction of sp³-hybridized carbons (Fsp3) is 0.917. The van der Waals surface area contributed by atoms with E-state index in [1.54, 1.807) is 0 Å². The van der Waals surface area contributed by atoms with Crippen molar-refractivity contribution < 1.29 is 0 Å². The first kappa shape index (κ1) is 11.5. The smallest absolute Gasteiger partial charge is 0.102 e. The lowest BCUT2D eigenvalue weighted by atomic mass is 9.93. The maximum Gasteiger partial charge on any atom is 0.102 e. The highest BCUT2D eigenvalue weighted by molar-refractivity contribution is 5.85. The number of nitrogens with one attached hydrogen (secondary N) is 1. The van der Waals surface area contributed by atoms with Crippen LogP contribution in [-0.2, 0) is 0 Å². The van der Waals surface area contributed by atoms with E-state index in [9.17, 15) is 0 Å². The van der Waals surface area contributed by atoms with Crippen LogP contribution < -0.4 is 0 Å². The molecule has 1 saturated heterocycles. The molecule has 1 heterocycles. The highest BCUT2D eigenvalue weighted by Crippen LogP contribution is 2.31. The molecule has 0 aliphatic carbocycles. The zero-order valence-electron chi connectivity index (χ0n) is 10.2. The van der Waals surface area contributed by atoms with Crippen molar-refractivity contribution in [2.75, 3.05) is 0 Å². The van der Waals surface area contributed by atoms with Crippen molar-refractivity contribution in [1.29, 1.82) is 5.41 Å². The van der Waals surface area contributed by atoms with Gasteiger partial charge in [0, 0.05) is 17.5 Å². The summed E-state index contributed by atoms with van der Waals surface area (Å²) in [5.41, 5.74) is -0.00792. The van der Waals surface area contributed by atoms with Gasteiger partial charge in [-0.2, -0.15) is 0 Å². The summed E-state index contributed by atoms with van der Waals surface area (Å²) in [5.74, 6) is 0.814. The van der Waals surface area contributed by atoms with Crippen LogP contribution in [0.4, 0.5) is 0 Å². The van der Waals surface area contributed by atoms with Crippen LogP contribution in [0.5, 0.6) is 0 Å². The maximum absolute atomic E-state index is 8.23. The number of hydrogen-bond donors (Lipinski definition) is 1. The zero-order chi connectivity index (χ0) is 10.9. The van der Waals surface area contributed by atoms with Gasteiger partial charge in [0.2, 0.25) is 0 Å². The number of rotatable bonds is 1. The van der Waals surface area contributed by atoms with Crippen molar-refractivity contribution in [3.05, 3.63) is 0 Å². The Labute approximate surface area is 88.2 Å². The summed E-state index contributed by atoms with van der Waals surface area (Å²) in [6.45, 7) is 10.9. The third-order valence-corrected chi connectivity index (χ3v) is 3.23. The molecule has 0 radical (unpaired) electrons. The van der Waals surface area contributed by atoms with Gasteiger partial charge in [0.1, 0.15) is 5.84 Å². The summed E-state index contributed by atoms with van der Waals surface area (Å²) in [6.07, 6.45) is 3.68. The fourth-order valence-corrected chi connectivity index (χ4v) is 2.26. The lowest BCUT2D eigenvalue weighted by molar-refractivity contribution is 0.287. The Morgan fingerprint density at radius 1 is 1.36 bits per heavy atom. The van der Waals surface area contributed by atoms with Crippen LogP contribution >= 0.6 is 0 Å². The average Bonchev–Trinajstić information content (AvgIpc) is 2.43. The van der Waals surface area contributed by atoms with Gasteiger partial charge in [0.25, 0.3) is 0 Å². The number of hydrogen-bond acceptors (Lipinski definition) is 1. The topological polar surface area (TPSA) is 27.1 Å². The number of nitrogens with zero attached hydrogens (tertiary/aromatic N) is 1. The predicted octanol–water partition coefficient (Wildman–Crippen LogP) is 3.27. The van der Waals surface area contributed by atoms with Gasteiger partial charge in [-0.15, -0.1) is 0 Å². The van der Waals surface area contributed by atoms with Crippen molar-refractivity contribution in [3.63, 3.8) is 0 Å². The van der Waals surface area contributed by atoms with E-state index in [4.69, 9.17) is 5.41 Å². The van der Waals surface area contributed by atoms with Gasteiger partial charge in [-0.05, 0) is 26.2 Å². The van der Waals surface area contributed by atoms with Gasteiger partial charge in [-0.25, -0.2) is 0 Å². The van der Waals surface area contributed by atoms with E-state index in [0.29, 0.717) is 12.1 Å². The second kappa shape index (κ2) is 3.92. The Hall–Kier alpha value is -0.530. The minimum Gasteiger partial charge on any atom is -0.354 e. The minimum atomic E-state index is -0.00792. The molecular weight excluding hydrogens is 172 g/mol. The molecule has 1 aliphatic heterocycles. The van der Waals surface area contributed by atoms with Crippen molar-refractivity contribution >= 4 is 5.84 Å². The number of amidine groups is 1. The second-order valence-electron chi connectivity index (χ2n) is 5.49. The molecule has 0 amide bonds. The first-order chi connectivity index (χ1) is 6.38. The van der Waals surface area contributed by atoms with E-state index in [-0.39, 0.29) is 5.41 Å². The first-order valence-corrected chi connectivity index (χ1v) is 5.75. The highest BCUT2D eigenvalue weighted by atomic mass is 15.2. The molecule has 1 rings (SSSR count). The standard InChI is InChI=1S/C12H24N2/c1-6-10-8-7-9(2)14(10)11(13)12(3,4)5/h9-10,13H,6-8H2,1-5H3. The van der Waals surface area contributed by atoms with E-state index in [0.717, 1.165) is 5.84 Å². The van der Waals surface area contributed by atoms with Gasteiger partial charge < -0.3 is 4.90 Å². The molecule has 2 heteroatoms. The molecule has 0 bridgehead atoms. The van der Waals surface area contributed by atoms with Crippen LogP contribution in [-0.4, -0.2) is 22.8 Å². The molecule has 0 aromatic rings. The minimum absolute atomic E-state index is 0.00792. The molecule has 0 saturated carbocycles. The van der Waals surface area contributed by atoms with Crippen LogP contribution in [0.15, 0.2) is 0 Å². The van der Waals surface area contributed by atoms with Crippen molar-refractivity contribution in [3.8, 4) is 0 Å². The monoisotopic (exact) mass is 196 g/mol. The summed E-state index contributed by atoms with van der Waals surface area (Å²) in [4.78, 5) is 2.33. The lowest BCUT2D eigenvalue weighted by Gasteiger charge is -2.36. The molecule has 1 aliphatic rings. The molecule has 0 aromatic heterocycles. The number of likely N-dealkylation sites (tertiary alicyclic amines) is 1. The predicted molar refractivity (Wildman–Crippen MR) is 61.8 cm³/mol. The second-order valence-corrected chi connectivity index (χ2v) is 5.49. The Balaban J connectivity index is 2.79. The van der Waals surface area contributed by atoms with E-state index in [1.807, 2.05) is 0 Å². The van der Waals surface area contributed by atoms with E-state index in [1.165, 1.54) is 19.3 Å². The molecule has 2 nitrogen and oxygen atoms in total. The van der Waals surface area contributed by atoms with Crippen LogP contribution in [0.25, 0.3) is 0 Å². The summed E-state index contributed by atoms with van der Waals surface area (Å²) in [5, 5.41) is 8.23. The third kappa shape index (κ3) is 2.10. The van der Waals surface area contributed by atoms with Gasteiger partial charge in [0.15, 0.2) is 0 Å². The zero-order valence-corrected chi connectivity index (χ0v) is 10.2. The molecule has 0 aromatic carbocycles. The molecule has 14 heavy (non-hydrogen) atoms. The largest absolute Gasteiger partial charge is 0.354 e. The molecule has 82 valence electrons. The average molecular weight is 196 g/mol. The molecular formula is C12H24N2. The lowest BCUT2D eigenvalue weighted by Crippen LogP contribution is -2.45. The van der Waals surface area contributed by atoms with E-state index >= 15 is 0 Å². The van der Waals surface area contributed by atoms with Gasteiger partial charge in [-0.1, -0.05) is 27.7 Å². The Kier molecular flexibility index (Phi) is 3.23. The summed E-state index contributed by atoms with van der Waals surface area (Å²) in [7, 11) is 0. The van der Waals surface area contributed by atoms with Gasteiger partial charge in [0.05, 0.1) is 0 Å². The van der Waals surface area contributed by atoms with Crippen molar-refractivity contribution in [1.82, 2.24) is 4.90 Å². The van der Waals surface area contributed by atoms with Crippen LogP contribution in [0.3, 0.4) is 0 Å². The Bertz CT molecular complexity index is 215. The SMILES string of the molecule is CCC1CCC(C)N1C(=N)C(C)(C)C. The van der Waals surface area contributed by atoms with E-state index in [2.05, 4.69) is 39.5 Å². The summed E-state index contributed by atoms with van der Waals surface area (Å²) >= 11 is 0. The molecule has 2 atom stereocenters. The van der Waals surface area contributed by atoms with E-state index < -0.39 is 0 Å². The molecule has 2 unspecified atom stereocenters. The Morgan fingerprint density at radius 3 is 2.36 bits per heavy atom. The van der Waals surface area contributed by atoms with Gasteiger partial charge in [-0.3, -0.25) is 5.41 Å². The quantitative estimate of drug-likeness (QED) is 0.506. The van der Waals surface area contributed by atoms with Crippen molar-refractivity contribution in [2.24, 2.45) is 5.41 Å². The molecule has 0 spiro atoms. The summed E-state index contributed by atoms with van der Waals surface area (Å²) < 4.78 is 0. The fourth-order valence-electron chi connectivity index (χ4n) is 2.26. The maximum atomic E-state index is 8.23. The van der Waals surface area contributed by atoms with Crippen LogP contribution in [0, 0.1) is 10.8 Å². The summed E-state index contributed by atoms with van der Waals surface area (Å²) in [6, 6.07) is 1.17. The van der Waals surface area contributed by atoms with Gasteiger partial charge >= 0.3 is 0 Å². The Morgan fingerprint density at radius 2 is 1.93 bits per heavy atom. The molecule has 1 N–H and O–H groups in total. The van der Waals surface area contributed by atoms with Crippen LogP contribution in [0.2, 0.25) is 0 Å². The first-order valence-electron chi connectivity index (χ1n) is 5.75. The third-order valence-electron chi connectivity index (χ3n) is 3.23. The molecule has 1 fully saturated rings. The highest BCUT2D eigenvalue weighted by Gasteiger charge is 2.35. The van der Waals surface area contributed by atoms with Crippen molar-refractivity contribution in [2.45, 2.75) is 66.0 Å². The normalized spacial score (nSPS) is 28.2. The van der Waals surface area contributed by atoms with Crippen LogP contribution in [0.1, 0.15) is 53.9 Å².